The predicted octanol–water partition coefficient (Wildman–Crippen LogP) is 3.56. The van der Waals surface area contributed by atoms with Crippen molar-refractivity contribution in [1.29, 1.82) is 0 Å². The lowest BCUT2D eigenvalue weighted by Gasteiger charge is -2.15. The lowest BCUT2D eigenvalue weighted by molar-refractivity contribution is -0.145. The Kier molecular flexibility index (Phi) is 5.65. The summed E-state index contributed by atoms with van der Waals surface area (Å²) in [6.07, 6.45) is -0.367. The maximum Gasteiger partial charge on any atom is 0.339 e. The summed E-state index contributed by atoms with van der Waals surface area (Å²) in [7, 11) is 1.29. The fourth-order valence-electron chi connectivity index (χ4n) is 3.38. The van der Waals surface area contributed by atoms with Crippen LogP contribution in [0.3, 0.4) is 0 Å². The van der Waals surface area contributed by atoms with E-state index in [-0.39, 0.29) is 16.7 Å². The topological polar surface area (TPSA) is 85.5 Å². The molecule has 0 saturated heterocycles. The number of aromatic nitrogens is 1. The Balaban J connectivity index is 1.70. The van der Waals surface area contributed by atoms with E-state index in [0.717, 1.165) is 16.0 Å². The van der Waals surface area contributed by atoms with E-state index in [1.54, 1.807) is 20.8 Å². The molecule has 1 aromatic carbocycles. The maximum absolute atomic E-state index is 12.8. The second-order valence-electron chi connectivity index (χ2n) is 6.98. The molecule has 0 bridgehead atoms. The summed E-state index contributed by atoms with van der Waals surface area (Å²) >= 11 is 1.47. The first-order valence-electron chi connectivity index (χ1n) is 9.01. The molecule has 3 rings (SSSR count). The monoisotopic (exact) mass is 401 g/mol. The van der Waals surface area contributed by atoms with E-state index in [1.165, 1.54) is 18.9 Å². The maximum atomic E-state index is 12.8. The SMILES string of the molecule is COC(=O)c1c(C)[nH]c(C(=O)[C@@H](C)OC(=O)[C@H]2Cc3ccc(C)cc3S2)c1C. The van der Waals surface area contributed by atoms with Gasteiger partial charge in [0.05, 0.1) is 18.4 Å². The summed E-state index contributed by atoms with van der Waals surface area (Å²) in [6, 6.07) is 6.11. The highest BCUT2D eigenvalue weighted by atomic mass is 32.2. The van der Waals surface area contributed by atoms with Gasteiger partial charge < -0.3 is 14.5 Å². The molecule has 1 aliphatic heterocycles. The minimum Gasteiger partial charge on any atom is -0.465 e. The largest absolute Gasteiger partial charge is 0.465 e. The third kappa shape index (κ3) is 3.71. The van der Waals surface area contributed by atoms with Gasteiger partial charge in [0.2, 0.25) is 5.78 Å². The van der Waals surface area contributed by atoms with Gasteiger partial charge in [0.1, 0.15) is 5.25 Å². The molecule has 0 unspecified atom stereocenters. The number of fused-ring (bicyclic) bond motifs is 1. The molecule has 148 valence electrons. The molecular formula is C21H23NO5S. The first-order chi connectivity index (χ1) is 13.2. The van der Waals surface area contributed by atoms with Crippen LogP contribution in [-0.4, -0.2) is 41.2 Å². The number of hydrogen-bond donors (Lipinski definition) is 1. The number of aromatic amines is 1. The molecular weight excluding hydrogens is 378 g/mol. The zero-order valence-corrected chi connectivity index (χ0v) is 17.4. The number of benzene rings is 1. The van der Waals surface area contributed by atoms with Crippen molar-refractivity contribution >= 4 is 29.5 Å². The van der Waals surface area contributed by atoms with Gasteiger partial charge in [0, 0.05) is 10.6 Å². The third-order valence-electron chi connectivity index (χ3n) is 4.90. The number of ether oxygens (including phenoxy) is 2. The molecule has 2 atom stereocenters. The first kappa shape index (κ1) is 20.2. The van der Waals surface area contributed by atoms with E-state index in [4.69, 9.17) is 9.47 Å². The zero-order valence-electron chi connectivity index (χ0n) is 16.5. The van der Waals surface area contributed by atoms with Gasteiger partial charge in [0.25, 0.3) is 0 Å². The zero-order chi connectivity index (χ0) is 20.6. The minimum absolute atomic E-state index is 0.260. The van der Waals surface area contributed by atoms with Crippen molar-refractivity contribution in [2.45, 2.75) is 50.4 Å². The van der Waals surface area contributed by atoms with Crippen molar-refractivity contribution in [1.82, 2.24) is 4.98 Å². The van der Waals surface area contributed by atoms with Crippen LogP contribution < -0.4 is 0 Å². The van der Waals surface area contributed by atoms with E-state index in [1.807, 2.05) is 19.1 Å². The van der Waals surface area contributed by atoms with Gasteiger partial charge in [0.15, 0.2) is 6.10 Å². The summed E-state index contributed by atoms with van der Waals surface area (Å²) < 4.78 is 10.2. The van der Waals surface area contributed by atoms with Crippen LogP contribution in [-0.2, 0) is 20.7 Å². The lowest BCUT2D eigenvalue weighted by Crippen LogP contribution is -2.30. The lowest BCUT2D eigenvalue weighted by atomic mass is 10.1. The van der Waals surface area contributed by atoms with Gasteiger partial charge in [-0.05, 0) is 51.3 Å². The molecule has 0 fully saturated rings. The van der Waals surface area contributed by atoms with Crippen molar-refractivity contribution in [2.75, 3.05) is 7.11 Å². The van der Waals surface area contributed by atoms with E-state index in [0.29, 0.717) is 23.2 Å². The number of H-pyrrole nitrogens is 1. The number of hydrogen-bond acceptors (Lipinski definition) is 6. The Hall–Kier alpha value is -2.54. The molecule has 0 radical (unpaired) electrons. The van der Waals surface area contributed by atoms with Gasteiger partial charge in [-0.1, -0.05) is 17.7 Å². The van der Waals surface area contributed by atoms with Crippen molar-refractivity contribution in [2.24, 2.45) is 0 Å². The third-order valence-corrected chi connectivity index (χ3v) is 6.17. The number of methoxy groups -OCH3 is 1. The van der Waals surface area contributed by atoms with Crippen LogP contribution in [0.5, 0.6) is 0 Å². The Morgan fingerprint density at radius 1 is 1.21 bits per heavy atom. The van der Waals surface area contributed by atoms with Crippen molar-refractivity contribution < 1.29 is 23.9 Å². The number of aryl methyl sites for hydroxylation is 2. The normalized spacial score (nSPS) is 16.4. The van der Waals surface area contributed by atoms with Crippen LogP contribution >= 0.6 is 11.8 Å². The van der Waals surface area contributed by atoms with Gasteiger partial charge in [-0.2, -0.15) is 0 Å². The molecule has 1 aliphatic rings. The number of carbonyl (C=O) groups excluding carboxylic acids is 3. The molecule has 2 aromatic rings. The molecule has 6 nitrogen and oxygen atoms in total. The number of nitrogens with one attached hydrogen (secondary N) is 1. The second-order valence-corrected chi connectivity index (χ2v) is 8.23. The fourth-order valence-corrected chi connectivity index (χ4v) is 4.66. The van der Waals surface area contributed by atoms with Crippen LogP contribution in [0.4, 0.5) is 0 Å². The average molecular weight is 401 g/mol. The van der Waals surface area contributed by atoms with Crippen molar-refractivity contribution in [3.63, 3.8) is 0 Å². The van der Waals surface area contributed by atoms with Crippen LogP contribution in [0.2, 0.25) is 0 Å². The first-order valence-corrected chi connectivity index (χ1v) is 9.89. The average Bonchev–Trinajstić information content (AvgIpc) is 3.20. The van der Waals surface area contributed by atoms with Gasteiger partial charge in [-0.3, -0.25) is 9.59 Å². The Bertz CT molecular complexity index is 962. The Morgan fingerprint density at radius 3 is 2.61 bits per heavy atom. The van der Waals surface area contributed by atoms with Crippen LogP contribution in [0, 0.1) is 20.8 Å². The molecule has 0 saturated carbocycles. The highest BCUT2D eigenvalue weighted by Crippen LogP contribution is 2.38. The van der Waals surface area contributed by atoms with Gasteiger partial charge in [-0.15, -0.1) is 11.8 Å². The molecule has 7 heteroatoms. The van der Waals surface area contributed by atoms with Crippen molar-refractivity contribution in [3.05, 3.63) is 51.8 Å². The van der Waals surface area contributed by atoms with Gasteiger partial charge >= 0.3 is 11.9 Å². The number of carbonyl (C=O) groups is 3. The molecule has 0 amide bonds. The minimum atomic E-state index is -0.958. The second kappa shape index (κ2) is 7.83. The molecule has 2 heterocycles. The summed E-state index contributed by atoms with van der Waals surface area (Å²) in [4.78, 5) is 41.3. The molecule has 0 aliphatic carbocycles. The quantitative estimate of drug-likeness (QED) is 0.609. The van der Waals surface area contributed by atoms with E-state index < -0.39 is 18.0 Å². The summed E-state index contributed by atoms with van der Waals surface area (Å²) in [5.74, 6) is -1.29. The molecule has 28 heavy (non-hydrogen) atoms. The van der Waals surface area contributed by atoms with E-state index in [2.05, 4.69) is 11.1 Å². The van der Waals surface area contributed by atoms with Gasteiger partial charge in [-0.25, -0.2) is 4.79 Å². The summed E-state index contributed by atoms with van der Waals surface area (Å²) in [6.45, 7) is 6.92. The smallest absolute Gasteiger partial charge is 0.339 e. The van der Waals surface area contributed by atoms with Crippen LogP contribution in [0.25, 0.3) is 0 Å². The van der Waals surface area contributed by atoms with Crippen LogP contribution in [0.15, 0.2) is 23.1 Å². The Morgan fingerprint density at radius 2 is 1.93 bits per heavy atom. The molecule has 1 N–H and O–H groups in total. The highest BCUT2D eigenvalue weighted by Gasteiger charge is 2.33. The fraction of sp³-hybridized carbons (Fsp3) is 0.381. The summed E-state index contributed by atoms with van der Waals surface area (Å²) in [5.41, 5.74) is 3.90. The number of thioether (sulfide) groups is 1. The van der Waals surface area contributed by atoms with E-state index in [9.17, 15) is 14.4 Å². The molecule has 0 spiro atoms. The predicted molar refractivity (Wildman–Crippen MR) is 106 cm³/mol. The molecule has 1 aromatic heterocycles. The van der Waals surface area contributed by atoms with Crippen molar-refractivity contribution in [3.8, 4) is 0 Å². The standard InChI is InChI=1S/C21H23NO5S/c1-10-6-7-14-9-16(28-15(14)8-10)20(24)27-13(4)19(23)18-11(2)17(12(3)22-18)21(25)26-5/h6-8,13,16,22H,9H2,1-5H3/t13-,16-/m1/s1. The van der Waals surface area contributed by atoms with E-state index >= 15 is 0 Å². The number of rotatable bonds is 5. The number of esters is 2. The Labute approximate surface area is 168 Å². The highest BCUT2D eigenvalue weighted by molar-refractivity contribution is 8.01. The van der Waals surface area contributed by atoms with Crippen LogP contribution in [0.1, 0.15) is 50.2 Å². The number of Topliss-reactive ketones (excluding diaryl/α,β-unsaturated/α-hetero) is 1. The number of ketones is 1. The summed E-state index contributed by atoms with van der Waals surface area (Å²) in [5, 5.41) is -0.357.